The van der Waals surface area contributed by atoms with Gasteiger partial charge in [0.25, 0.3) is 0 Å². The Morgan fingerprint density at radius 1 is 0.853 bits per heavy atom. The molecule has 1 aliphatic heterocycles. The fraction of sp³-hybridized carbons (Fsp3) is 0.0690. The molecule has 0 bridgehead atoms. The van der Waals surface area contributed by atoms with Gasteiger partial charge in [-0.3, -0.25) is 4.79 Å². The largest absolute Gasteiger partial charge is 0.489 e. The lowest BCUT2D eigenvalue weighted by atomic mass is 10.0. The van der Waals surface area contributed by atoms with Crippen LogP contribution in [0.25, 0.3) is 5.70 Å². The van der Waals surface area contributed by atoms with Crippen molar-refractivity contribution in [3.8, 4) is 5.75 Å². The van der Waals surface area contributed by atoms with E-state index < -0.39 is 0 Å². The van der Waals surface area contributed by atoms with Gasteiger partial charge >= 0.3 is 0 Å². The van der Waals surface area contributed by atoms with Crippen molar-refractivity contribution in [1.82, 2.24) is 0 Å². The minimum atomic E-state index is -0.267. The van der Waals surface area contributed by atoms with Gasteiger partial charge in [-0.1, -0.05) is 60.7 Å². The molecule has 0 saturated carbocycles. The lowest BCUT2D eigenvalue weighted by Crippen LogP contribution is -2.08. The van der Waals surface area contributed by atoms with Gasteiger partial charge in [-0.05, 0) is 47.5 Å². The number of carbonyl (C=O) groups excluding carboxylic acids is 1. The van der Waals surface area contributed by atoms with Crippen molar-refractivity contribution < 1.29 is 13.9 Å². The summed E-state index contributed by atoms with van der Waals surface area (Å²) < 4.78 is 19.2. The molecular weight excluding hydrogens is 445 g/mol. The molecular formula is C29H20FNO2S. The Bertz CT molecular complexity index is 1440. The van der Waals surface area contributed by atoms with Crippen molar-refractivity contribution in [2.45, 2.75) is 16.8 Å². The summed E-state index contributed by atoms with van der Waals surface area (Å²) in [6.45, 7) is 0.338. The van der Waals surface area contributed by atoms with Gasteiger partial charge in [0.05, 0.1) is 16.6 Å². The molecule has 0 saturated heterocycles. The molecule has 0 amide bonds. The number of thioether (sulfide) groups is 1. The molecule has 1 N–H and O–H groups in total. The van der Waals surface area contributed by atoms with Crippen LogP contribution in [0.15, 0.2) is 108 Å². The highest BCUT2D eigenvalue weighted by Crippen LogP contribution is 2.52. The van der Waals surface area contributed by atoms with Gasteiger partial charge in [0.15, 0.2) is 5.78 Å². The summed E-state index contributed by atoms with van der Waals surface area (Å²) in [5.74, 6) is 0.496. The van der Waals surface area contributed by atoms with Crippen molar-refractivity contribution in [2.75, 3.05) is 5.32 Å². The van der Waals surface area contributed by atoms with Crippen LogP contribution in [0.5, 0.6) is 5.75 Å². The maximum Gasteiger partial charge on any atom is 0.193 e. The van der Waals surface area contributed by atoms with E-state index in [1.54, 1.807) is 23.9 Å². The SMILES string of the molecule is O=C1C2=C(Nc3ccccc3S[C@@H]2c2cccc(OCc3ccc(F)cc3)c2)c2ccccc21. The third kappa shape index (κ3) is 3.68. The standard InChI is InChI=1S/C29H20FNO2S/c30-20-14-12-18(13-15-20)17-33-21-7-5-6-19(16-21)29-26-27(22-8-1-2-9-23(22)28(26)32)31-24-10-3-4-11-25(24)34-29/h1-16,29,31H,17H2/t29-/m1/s1. The van der Waals surface area contributed by atoms with Crippen LogP contribution in [0, 0.1) is 5.82 Å². The monoisotopic (exact) mass is 465 g/mol. The molecule has 0 spiro atoms. The molecule has 1 aliphatic carbocycles. The first-order chi connectivity index (χ1) is 16.7. The summed E-state index contributed by atoms with van der Waals surface area (Å²) in [4.78, 5) is 14.7. The average Bonchev–Trinajstić information content (AvgIpc) is 3.03. The van der Waals surface area contributed by atoms with Gasteiger partial charge in [0.1, 0.15) is 18.2 Å². The number of anilines is 1. The van der Waals surface area contributed by atoms with Crippen molar-refractivity contribution in [3.05, 3.63) is 131 Å². The zero-order valence-electron chi connectivity index (χ0n) is 18.1. The van der Waals surface area contributed by atoms with Gasteiger partial charge in [-0.25, -0.2) is 4.39 Å². The lowest BCUT2D eigenvalue weighted by Gasteiger charge is -2.18. The van der Waals surface area contributed by atoms with Gasteiger partial charge in [0, 0.05) is 21.6 Å². The van der Waals surface area contributed by atoms with Crippen LogP contribution < -0.4 is 10.1 Å². The Kier molecular flexibility index (Phi) is 5.19. The Morgan fingerprint density at radius 3 is 2.47 bits per heavy atom. The summed E-state index contributed by atoms with van der Waals surface area (Å²) >= 11 is 1.67. The van der Waals surface area contributed by atoms with Crippen LogP contribution in [0.4, 0.5) is 10.1 Å². The highest BCUT2D eigenvalue weighted by molar-refractivity contribution is 8.00. The number of Topliss-reactive ketones (excluding diaryl/α,β-unsaturated/α-hetero) is 1. The molecule has 2 aliphatic rings. The van der Waals surface area contributed by atoms with Gasteiger partial charge in [-0.15, -0.1) is 11.8 Å². The molecule has 4 aromatic carbocycles. The Hall–Kier alpha value is -3.83. The second-order valence-electron chi connectivity index (χ2n) is 8.27. The first-order valence-electron chi connectivity index (χ1n) is 11.1. The van der Waals surface area contributed by atoms with E-state index in [1.807, 2.05) is 66.7 Å². The third-order valence-corrected chi connectivity index (χ3v) is 7.44. The number of rotatable bonds is 4. The quantitative estimate of drug-likeness (QED) is 0.344. The highest BCUT2D eigenvalue weighted by atomic mass is 32.2. The summed E-state index contributed by atoms with van der Waals surface area (Å²) in [6.07, 6.45) is 0. The zero-order chi connectivity index (χ0) is 23.1. The second-order valence-corrected chi connectivity index (χ2v) is 9.42. The fourth-order valence-electron chi connectivity index (χ4n) is 4.43. The van der Waals surface area contributed by atoms with E-state index in [4.69, 9.17) is 4.74 Å². The van der Waals surface area contributed by atoms with Crippen LogP contribution >= 0.6 is 11.8 Å². The van der Waals surface area contributed by atoms with Crippen molar-refractivity contribution in [3.63, 3.8) is 0 Å². The van der Waals surface area contributed by atoms with E-state index in [0.717, 1.165) is 44.1 Å². The second kappa shape index (κ2) is 8.50. The normalized spacial score (nSPS) is 16.3. The molecule has 3 nitrogen and oxygen atoms in total. The van der Waals surface area contributed by atoms with Gasteiger partial charge in [-0.2, -0.15) is 0 Å². The molecule has 1 heterocycles. The molecule has 5 heteroatoms. The zero-order valence-corrected chi connectivity index (χ0v) is 18.9. The molecule has 0 fully saturated rings. The Balaban J connectivity index is 1.39. The number of para-hydroxylation sites is 1. The number of benzene rings is 4. The molecule has 0 aromatic heterocycles. The minimum absolute atomic E-state index is 0.0565. The number of nitrogens with one attached hydrogen (secondary N) is 1. The van der Waals surface area contributed by atoms with Crippen molar-refractivity contribution >= 4 is 28.9 Å². The van der Waals surface area contributed by atoms with Crippen LogP contribution in [-0.2, 0) is 6.61 Å². The topological polar surface area (TPSA) is 38.3 Å². The number of fused-ring (bicyclic) bond motifs is 3. The van der Waals surface area contributed by atoms with E-state index in [0.29, 0.717) is 12.4 Å². The van der Waals surface area contributed by atoms with Crippen LogP contribution in [0.2, 0.25) is 0 Å². The van der Waals surface area contributed by atoms with Crippen molar-refractivity contribution in [1.29, 1.82) is 0 Å². The van der Waals surface area contributed by atoms with Crippen LogP contribution in [0.1, 0.15) is 32.3 Å². The Morgan fingerprint density at radius 2 is 1.62 bits per heavy atom. The summed E-state index contributed by atoms with van der Waals surface area (Å²) in [7, 11) is 0. The molecule has 34 heavy (non-hydrogen) atoms. The third-order valence-electron chi connectivity index (χ3n) is 6.09. The van der Waals surface area contributed by atoms with Crippen LogP contribution in [0.3, 0.4) is 0 Å². The molecule has 4 aromatic rings. The number of hydrogen-bond donors (Lipinski definition) is 1. The number of halogens is 1. The lowest BCUT2D eigenvalue weighted by molar-refractivity contribution is 0.103. The van der Waals surface area contributed by atoms with Gasteiger partial charge < -0.3 is 10.1 Å². The van der Waals surface area contributed by atoms with Crippen LogP contribution in [-0.4, -0.2) is 5.78 Å². The number of carbonyl (C=O) groups is 1. The fourth-order valence-corrected chi connectivity index (χ4v) is 5.71. The van der Waals surface area contributed by atoms with Crippen molar-refractivity contribution in [2.24, 2.45) is 0 Å². The smallest absolute Gasteiger partial charge is 0.193 e. The minimum Gasteiger partial charge on any atom is -0.489 e. The maximum atomic E-state index is 13.6. The number of ether oxygens (including phenoxy) is 1. The molecule has 0 radical (unpaired) electrons. The number of hydrogen-bond acceptors (Lipinski definition) is 4. The maximum absolute atomic E-state index is 13.6. The predicted octanol–water partition coefficient (Wildman–Crippen LogP) is 7.27. The van der Waals surface area contributed by atoms with E-state index >= 15 is 0 Å². The Labute approximate surface area is 201 Å². The molecule has 166 valence electrons. The van der Waals surface area contributed by atoms with E-state index in [9.17, 15) is 9.18 Å². The molecule has 1 atom stereocenters. The number of ketones is 1. The highest BCUT2D eigenvalue weighted by Gasteiger charge is 2.38. The summed E-state index contributed by atoms with van der Waals surface area (Å²) in [5.41, 5.74) is 6.19. The van der Waals surface area contributed by atoms with E-state index in [1.165, 1.54) is 12.1 Å². The van der Waals surface area contributed by atoms with E-state index in [-0.39, 0.29) is 16.9 Å². The van der Waals surface area contributed by atoms with Gasteiger partial charge in [0.2, 0.25) is 0 Å². The first-order valence-corrected chi connectivity index (χ1v) is 11.9. The van der Waals surface area contributed by atoms with E-state index in [2.05, 4.69) is 11.4 Å². The average molecular weight is 466 g/mol. The molecule has 6 rings (SSSR count). The first kappa shape index (κ1) is 20.8. The molecule has 0 unspecified atom stereocenters. The predicted molar refractivity (Wildman–Crippen MR) is 134 cm³/mol. The summed E-state index contributed by atoms with van der Waals surface area (Å²) in [5, 5.41) is 3.36. The summed E-state index contributed by atoms with van der Waals surface area (Å²) in [6, 6.07) is 30.1.